The molecule has 0 fully saturated rings. The molecule has 0 bridgehead atoms. The van der Waals surface area contributed by atoms with Gasteiger partial charge in [-0.15, -0.1) is 0 Å². The summed E-state index contributed by atoms with van der Waals surface area (Å²) in [5.74, 6) is 0. The minimum Gasteiger partial charge on any atom is -0.256 e. The largest absolute Gasteiger partial charge is 0.256 e. The molecule has 0 spiro atoms. The lowest BCUT2D eigenvalue weighted by Crippen LogP contribution is -1.90. The van der Waals surface area contributed by atoms with Gasteiger partial charge < -0.3 is 0 Å². The summed E-state index contributed by atoms with van der Waals surface area (Å²) in [7, 11) is 0. The molecule has 0 N–H and O–H groups in total. The van der Waals surface area contributed by atoms with Crippen LogP contribution >= 0.6 is 0 Å². The number of rotatable bonds is 0. The number of fused-ring (bicyclic) bond motifs is 9. The third-order valence-corrected chi connectivity index (χ3v) is 5.24. The molecule has 0 aliphatic carbocycles. The van der Waals surface area contributed by atoms with Crippen molar-refractivity contribution in [3.8, 4) is 0 Å². The molecule has 0 amide bonds. The molecular formula is C24H14N2. The van der Waals surface area contributed by atoms with Gasteiger partial charge in [-0.25, -0.2) is 4.98 Å². The molecule has 0 radical (unpaired) electrons. The van der Waals surface area contributed by atoms with Crippen LogP contribution in [-0.2, 0) is 0 Å². The molecule has 6 aromatic rings. The van der Waals surface area contributed by atoms with Gasteiger partial charge in [-0.05, 0) is 35.0 Å². The molecule has 0 aliphatic heterocycles. The van der Waals surface area contributed by atoms with Crippen LogP contribution in [0.3, 0.4) is 0 Å². The fourth-order valence-corrected chi connectivity index (χ4v) is 4.08. The van der Waals surface area contributed by atoms with Crippen LogP contribution < -0.4 is 0 Å². The van der Waals surface area contributed by atoms with Gasteiger partial charge in [0.05, 0.1) is 16.6 Å². The first-order valence-corrected chi connectivity index (χ1v) is 8.78. The monoisotopic (exact) mass is 330 g/mol. The van der Waals surface area contributed by atoms with E-state index in [1.54, 1.807) is 0 Å². The molecule has 120 valence electrons. The Balaban J connectivity index is 2.03. The summed E-state index contributed by atoms with van der Waals surface area (Å²) in [4.78, 5) is 9.73. The van der Waals surface area contributed by atoms with Crippen LogP contribution in [-0.4, -0.2) is 9.97 Å². The lowest BCUT2D eigenvalue weighted by Gasteiger charge is -2.12. The van der Waals surface area contributed by atoms with Gasteiger partial charge in [-0.1, -0.05) is 54.6 Å². The second-order valence-electron chi connectivity index (χ2n) is 6.69. The number of benzene rings is 4. The Morgan fingerprint density at radius 2 is 1.35 bits per heavy atom. The van der Waals surface area contributed by atoms with Crippen molar-refractivity contribution in [3.05, 3.63) is 85.1 Å². The molecular weight excluding hydrogens is 316 g/mol. The van der Waals surface area contributed by atoms with Crippen molar-refractivity contribution in [3.63, 3.8) is 0 Å². The zero-order valence-electron chi connectivity index (χ0n) is 14.0. The minimum absolute atomic E-state index is 1.02. The van der Waals surface area contributed by atoms with E-state index in [0.717, 1.165) is 27.3 Å². The molecule has 0 aliphatic rings. The van der Waals surface area contributed by atoms with Gasteiger partial charge in [0, 0.05) is 33.1 Å². The molecule has 4 aromatic carbocycles. The first kappa shape index (κ1) is 13.7. The maximum atomic E-state index is 5.02. The molecule has 2 aromatic heterocycles. The van der Waals surface area contributed by atoms with Crippen molar-refractivity contribution >= 4 is 54.3 Å². The summed E-state index contributed by atoms with van der Waals surface area (Å²) in [5.41, 5.74) is 3.06. The van der Waals surface area contributed by atoms with E-state index >= 15 is 0 Å². The highest BCUT2D eigenvalue weighted by Gasteiger charge is 2.13. The van der Waals surface area contributed by atoms with Crippen molar-refractivity contribution in [1.29, 1.82) is 0 Å². The van der Waals surface area contributed by atoms with Gasteiger partial charge in [0.25, 0.3) is 0 Å². The highest BCUT2D eigenvalue weighted by atomic mass is 14.7. The van der Waals surface area contributed by atoms with E-state index in [1.807, 2.05) is 18.3 Å². The topological polar surface area (TPSA) is 25.8 Å². The predicted molar refractivity (Wildman–Crippen MR) is 110 cm³/mol. The third-order valence-electron chi connectivity index (χ3n) is 5.24. The van der Waals surface area contributed by atoms with Crippen LogP contribution in [0.25, 0.3) is 54.3 Å². The van der Waals surface area contributed by atoms with Gasteiger partial charge in [0.15, 0.2) is 0 Å². The quantitative estimate of drug-likeness (QED) is 0.243. The molecule has 2 heteroatoms. The number of para-hydroxylation sites is 1. The summed E-state index contributed by atoms with van der Waals surface area (Å²) in [6.07, 6.45) is 1.86. The molecule has 0 atom stereocenters. The Labute approximate surface area is 149 Å². The van der Waals surface area contributed by atoms with E-state index in [9.17, 15) is 0 Å². The summed E-state index contributed by atoms with van der Waals surface area (Å²) >= 11 is 0. The lowest BCUT2D eigenvalue weighted by atomic mass is 9.94. The Hall–Kier alpha value is -3.52. The van der Waals surface area contributed by atoms with Crippen LogP contribution in [0, 0.1) is 0 Å². The van der Waals surface area contributed by atoms with Gasteiger partial charge >= 0.3 is 0 Å². The highest BCUT2D eigenvalue weighted by Crippen LogP contribution is 2.38. The second-order valence-corrected chi connectivity index (χ2v) is 6.69. The van der Waals surface area contributed by atoms with E-state index in [2.05, 4.69) is 66.7 Å². The maximum absolute atomic E-state index is 5.02. The molecule has 0 saturated carbocycles. The SMILES string of the molecule is c1ccc2nc3c4cccnc4c4ccc5ccccc5c4c3cc2c1. The van der Waals surface area contributed by atoms with Crippen molar-refractivity contribution in [1.82, 2.24) is 9.97 Å². The van der Waals surface area contributed by atoms with E-state index in [-0.39, 0.29) is 0 Å². The average Bonchev–Trinajstić information content (AvgIpc) is 2.72. The summed E-state index contributed by atoms with van der Waals surface area (Å²) in [5, 5.41) is 8.38. The van der Waals surface area contributed by atoms with Crippen LogP contribution in [0.1, 0.15) is 0 Å². The first-order valence-electron chi connectivity index (χ1n) is 8.78. The molecule has 26 heavy (non-hydrogen) atoms. The van der Waals surface area contributed by atoms with Crippen LogP contribution in [0.15, 0.2) is 85.1 Å². The second kappa shape index (κ2) is 4.99. The summed E-state index contributed by atoms with van der Waals surface area (Å²) in [6.45, 7) is 0. The highest BCUT2D eigenvalue weighted by molar-refractivity contribution is 6.30. The van der Waals surface area contributed by atoms with E-state index in [1.165, 1.54) is 26.9 Å². The number of aromatic nitrogens is 2. The van der Waals surface area contributed by atoms with Gasteiger partial charge in [-0.3, -0.25) is 4.98 Å². The number of nitrogens with zero attached hydrogens (tertiary/aromatic N) is 2. The molecule has 0 saturated heterocycles. The fourth-order valence-electron chi connectivity index (χ4n) is 4.08. The standard InChI is InChI=1S/C24H14N2/c1-3-8-17-15(6-1)11-12-18-22(17)20-14-16-7-2-4-10-21(16)26-24(20)19-9-5-13-25-23(18)19/h1-14H. The van der Waals surface area contributed by atoms with Crippen LogP contribution in [0.4, 0.5) is 0 Å². The fraction of sp³-hybridized carbons (Fsp3) is 0. The summed E-state index contributed by atoms with van der Waals surface area (Å²) in [6, 6.07) is 27.6. The van der Waals surface area contributed by atoms with Crippen molar-refractivity contribution in [2.75, 3.05) is 0 Å². The number of hydrogen-bond acceptors (Lipinski definition) is 2. The zero-order valence-corrected chi connectivity index (χ0v) is 14.0. The Morgan fingerprint density at radius 1 is 0.538 bits per heavy atom. The van der Waals surface area contributed by atoms with E-state index in [4.69, 9.17) is 9.97 Å². The predicted octanol–water partition coefficient (Wildman–Crippen LogP) is 6.24. The smallest absolute Gasteiger partial charge is 0.0810 e. The van der Waals surface area contributed by atoms with Crippen molar-refractivity contribution in [2.24, 2.45) is 0 Å². The molecule has 6 rings (SSSR count). The van der Waals surface area contributed by atoms with Gasteiger partial charge in [-0.2, -0.15) is 0 Å². The third kappa shape index (κ3) is 1.76. The normalized spacial score (nSPS) is 11.8. The van der Waals surface area contributed by atoms with Crippen molar-refractivity contribution in [2.45, 2.75) is 0 Å². The van der Waals surface area contributed by atoms with E-state index in [0.29, 0.717) is 0 Å². The Bertz CT molecular complexity index is 1450. The van der Waals surface area contributed by atoms with Gasteiger partial charge in [0.2, 0.25) is 0 Å². The van der Waals surface area contributed by atoms with Crippen LogP contribution in [0.5, 0.6) is 0 Å². The maximum Gasteiger partial charge on any atom is 0.0810 e. The minimum atomic E-state index is 1.02. The van der Waals surface area contributed by atoms with E-state index < -0.39 is 0 Å². The zero-order chi connectivity index (χ0) is 17.1. The first-order chi connectivity index (χ1) is 12.9. The Kier molecular flexibility index (Phi) is 2.64. The van der Waals surface area contributed by atoms with Crippen LogP contribution in [0.2, 0.25) is 0 Å². The van der Waals surface area contributed by atoms with Crippen molar-refractivity contribution < 1.29 is 0 Å². The molecule has 2 nitrogen and oxygen atoms in total. The molecule has 0 unspecified atom stereocenters. The number of pyridine rings is 2. The molecule has 2 heterocycles. The average molecular weight is 330 g/mol. The summed E-state index contributed by atoms with van der Waals surface area (Å²) < 4.78 is 0. The lowest BCUT2D eigenvalue weighted by molar-refractivity contribution is 1.42. The Morgan fingerprint density at radius 3 is 2.31 bits per heavy atom. The number of hydrogen-bond donors (Lipinski definition) is 0. The van der Waals surface area contributed by atoms with Gasteiger partial charge in [0.1, 0.15) is 0 Å².